The molecule has 1 heterocycles. The number of aromatic nitrogens is 2. The van der Waals surface area contributed by atoms with Crippen LogP contribution in [0.4, 0.5) is 11.6 Å². The van der Waals surface area contributed by atoms with Gasteiger partial charge < -0.3 is 10.6 Å². The first kappa shape index (κ1) is 18.9. The average molecular weight is 381 g/mol. The third-order valence-electron chi connectivity index (χ3n) is 4.01. The molecule has 0 unspecified atom stereocenters. The third-order valence-corrected chi connectivity index (χ3v) is 4.26. The van der Waals surface area contributed by atoms with Crippen LogP contribution in [-0.2, 0) is 17.6 Å². The minimum absolute atomic E-state index is 0.113. The maximum atomic E-state index is 12.1. The predicted octanol–water partition coefficient (Wildman–Crippen LogP) is 4.27. The van der Waals surface area contributed by atoms with Crippen LogP contribution in [-0.4, -0.2) is 22.6 Å². The maximum absolute atomic E-state index is 12.1. The molecule has 3 aromatic rings. The van der Waals surface area contributed by atoms with Gasteiger partial charge in [-0.2, -0.15) is 0 Å². The lowest BCUT2D eigenvalue weighted by Gasteiger charge is -2.07. The number of benzene rings is 2. The number of rotatable bonds is 7. The number of anilines is 2. The molecule has 27 heavy (non-hydrogen) atoms. The first-order valence-electron chi connectivity index (χ1n) is 8.76. The zero-order chi connectivity index (χ0) is 19.1. The highest BCUT2D eigenvalue weighted by atomic mass is 35.5. The van der Waals surface area contributed by atoms with Crippen LogP contribution in [0.25, 0.3) is 0 Å². The Balaban J connectivity index is 1.46. The van der Waals surface area contributed by atoms with E-state index >= 15 is 0 Å². The first-order valence-corrected chi connectivity index (χ1v) is 9.14. The Morgan fingerprint density at radius 3 is 2.41 bits per heavy atom. The van der Waals surface area contributed by atoms with E-state index in [9.17, 15) is 4.79 Å². The topological polar surface area (TPSA) is 66.9 Å². The number of halogens is 1. The van der Waals surface area contributed by atoms with Gasteiger partial charge in [-0.05, 0) is 48.7 Å². The zero-order valence-corrected chi connectivity index (χ0v) is 15.8. The number of carbonyl (C=O) groups excluding carboxylic acids is 1. The van der Waals surface area contributed by atoms with Gasteiger partial charge in [0, 0.05) is 11.6 Å². The van der Waals surface area contributed by atoms with E-state index in [1.807, 2.05) is 55.5 Å². The van der Waals surface area contributed by atoms with Crippen molar-refractivity contribution in [1.82, 2.24) is 10.2 Å². The standard InChI is InChI=1S/C21H21ClN4O/c1-15-3-2-4-17(13-15)14-21(27)24-20-10-9-19(25-26-20)23-12-11-16-5-7-18(22)8-6-16/h2-10,13H,11-12,14H2,1H3,(H,23,25)(H,24,26,27). The summed E-state index contributed by atoms with van der Waals surface area (Å²) in [4.78, 5) is 12.1. The minimum Gasteiger partial charge on any atom is -0.368 e. The number of carbonyl (C=O) groups is 1. The molecule has 0 saturated heterocycles. The molecule has 0 aliphatic rings. The van der Waals surface area contributed by atoms with Crippen LogP contribution < -0.4 is 10.6 Å². The molecule has 1 amide bonds. The summed E-state index contributed by atoms with van der Waals surface area (Å²) < 4.78 is 0. The van der Waals surface area contributed by atoms with Crippen LogP contribution in [0.2, 0.25) is 5.02 Å². The second-order valence-electron chi connectivity index (χ2n) is 6.32. The van der Waals surface area contributed by atoms with Crippen molar-refractivity contribution in [1.29, 1.82) is 0 Å². The number of amides is 1. The van der Waals surface area contributed by atoms with Crippen LogP contribution in [0.3, 0.4) is 0 Å². The van der Waals surface area contributed by atoms with E-state index in [1.54, 1.807) is 12.1 Å². The summed E-state index contributed by atoms with van der Waals surface area (Å²) in [6.07, 6.45) is 1.16. The van der Waals surface area contributed by atoms with Gasteiger partial charge in [-0.15, -0.1) is 10.2 Å². The highest BCUT2D eigenvalue weighted by molar-refractivity contribution is 6.30. The van der Waals surface area contributed by atoms with Crippen molar-refractivity contribution >= 4 is 29.1 Å². The Hall–Kier alpha value is -2.92. The van der Waals surface area contributed by atoms with Crippen molar-refractivity contribution in [2.45, 2.75) is 19.8 Å². The summed E-state index contributed by atoms with van der Waals surface area (Å²) in [5, 5.41) is 14.9. The molecule has 1 aromatic heterocycles. The Labute approximate surface area is 163 Å². The molecule has 6 heteroatoms. The fourth-order valence-corrected chi connectivity index (χ4v) is 2.80. The Bertz CT molecular complexity index is 895. The molecular formula is C21H21ClN4O. The Kier molecular flexibility index (Phi) is 6.39. The fourth-order valence-electron chi connectivity index (χ4n) is 2.67. The molecule has 0 radical (unpaired) electrons. The van der Waals surface area contributed by atoms with Crippen molar-refractivity contribution in [3.8, 4) is 0 Å². The van der Waals surface area contributed by atoms with Gasteiger partial charge >= 0.3 is 0 Å². The van der Waals surface area contributed by atoms with Crippen molar-refractivity contribution in [3.63, 3.8) is 0 Å². The predicted molar refractivity (Wildman–Crippen MR) is 109 cm³/mol. The highest BCUT2D eigenvalue weighted by Crippen LogP contribution is 2.11. The monoisotopic (exact) mass is 380 g/mol. The lowest BCUT2D eigenvalue weighted by molar-refractivity contribution is -0.115. The molecule has 138 valence electrons. The molecule has 0 atom stereocenters. The SMILES string of the molecule is Cc1cccc(CC(=O)Nc2ccc(NCCc3ccc(Cl)cc3)nn2)c1. The van der Waals surface area contributed by atoms with Gasteiger partial charge in [0.1, 0.15) is 5.82 Å². The van der Waals surface area contributed by atoms with Gasteiger partial charge in [-0.1, -0.05) is 53.6 Å². The summed E-state index contributed by atoms with van der Waals surface area (Å²) in [5.41, 5.74) is 3.30. The van der Waals surface area contributed by atoms with E-state index in [2.05, 4.69) is 20.8 Å². The summed E-state index contributed by atoms with van der Waals surface area (Å²) in [7, 11) is 0. The maximum Gasteiger partial charge on any atom is 0.229 e. The first-order chi connectivity index (χ1) is 13.1. The highest BCUT2D eigenvalue weighted by Gasteiger charge is 2.06. The number of hydrogen-bond acceptors (Lipinski definition) is 4. The smallest absolute Gasteiger partial charge is 0.229 e. The summed E-state index contributed by atoms with van der Waals surface area (Å²) >= 11 is 5.88. The molecule has 0 bridgehead atoms. The van der Waals surface area contributed by atoms with Crippen molar-refractivity contribution in [2.24, 2.45) is 0 Å². The molecular weight excluding hydrogens is 360 g/mol. The van der Waals surface area contributed by atoms with Gasteiger partial charge in [0.2, 0.25) is 5.91 Å². The molecule has 0 saturated carbocycles. The van der Waals surface area contributed by atoms with E-state index in [4.69, 9.17) is 11.6 Å². The normalized spacial score (nSPS) is 10.4. The largest absolute Gasteiger partial charge is 0.368 e. The minimum atomic E-state index is -0.113. The van der Waals surface area contributed by atoms with E-state index in [1.165, 1.54) is 5.56 Å². The van der Waals surface area contributed by atoms with Crippen LogP contribution in [0.15, 0.2) is 60.7 Å². The number of aryl methyl sites for hydroxylation is 1. The number of nitrogens with one attached hydrogen (secondary N) is 2. The number of hydrogen-bond donors (Lipinski definition) is 2. The van der Waals surface area contributed by atoms with E-state index in [0.29, 0.717) is 18.1 Å². The van der Waals surface area contributed by atoms with Crippen LogP contribution in [0.1, 0.15) is 16.7 Å². The lowest BCUT2D eigenvalue weighted by atomic mass is 10.1. The van der Waals surface area contributed by atoms with Crippen molar-refractivity contribution in [2.75, 3.05) is 17.2 Å². The Morgan fingerprint density at radius 1 is 0.963 bits per heavy atom. The summed E-state index contributed by atoms with van der Waals surface area (Å²) in [6, 6.07) is 19.2. The van der Waals surface area contributed by atoms with Gasteiger partial charge in [0.25, 0.3) is 0 Å². The van der Waals surface area contributed by atoms with Crippen LogP contribution in [0.5, 0.6) is 0 Å². The van der Waals surface area contributed by atoms with Gasteiger partial charge in [0.15, 0.2) is 5.82 Å². The fraction of sp³-hybridized carbons (Fsp3) is 0.190. The molecule has 0 fully saturated rings. The average Bonchev–Trinajstić information content (AvgIpc) is 2.65. The van der Waals surface area contributed by atoms with Gasteiger partial charge in [0.05, 0.1) is 6.42 Å². The third kappa shape index (κ3) is 6.08. The molecule has 2 aromatic carbocycles. The van der Waals surface area contributed by atoms with Crippen LogP contribution in [0, 0.1) is 6.92 Å². The van der Waals surface area contributed by atoms with E-state index < -0.39 is 0 Å². The second-order valence-corrected chi connectivity index (χ2v) is 6.76. The molecule has 5 nitrogen and oxygen atoms in total. The molecule has 0 aliphatic heterocycles. The zero-order valence-electron chi connectivity index (χ0n) is 15.1. The molecule has 2 N–H and O–H groups in total. The second kappa shape index (κ2) is 9.14. The molecule has 0 spiro atoms. The Morgan fingerprint density at radius 2 is 1.70 bits per heavy atom. The van der Waals surface area contributed by atoms with Crippen molar-refractivity contribution in [3.05, 3.63) is 82.4 Å². The van der Waals surface area contributed by atoms with Crippen molar-refractivity contribution < 1.29 is 4.79 Å². The summed E-state index contributed by atoms with van der Waals surface area (Å²) in [5.74, 6) is 0.995. The molecule has 3 rings (SSSR count). The molecule has 0 aliphatic carbocycles. The lowest BCUT2D eigenvalue weighted by Crippen LogP contribution is -2.16. The van der Waals surface area contributed by atoms with Crippen LogP contribution >= 0.6 is 11.6 Å². The van der Waals surface area contributed by atoms with E-state index in [-0.39, 0.29) is 5.91 Å². The number of nitrogens with zero attached hydrogens (tertiary/aromatic N) is 2. The van der Waals surface area contributed by atoms with Gasteiger partial charge in [-0.3, -0.25) is 4.79 Å². The quantitative estimate of drug-likeness (QED) is 0.642. The van der Waals surface area contributed by atoms with Gasteiger partial charge in [-0.25, -0.2) is 0 Å². The van der Waals surface area contributed by atoms with E-state index in [0.717, 1.165) is 29.1 Å². The summed E-state index contributed by atoms with van der Waals surface area (Å²) in [6.45, 7) is 2.74.